The number of benzene rings is 1. The third-order valence-corrected chi connectivity index (χ3v) is 3.22. The minimum absolute atomic E-state index is 0.980. The first-order valence-corrected chi connectivity index (χ1v) is 6.75. The molecule has 0 saturated carbocycles. The molecule has 0 fully saturated rings. The van der Waals surface area contributed by atoms with Gasteiger partial charge in [-0.1, -0.05) is 56.3 Å². The molecule has 0 aliphatic rings. The summed E-state index contributed by atoms with van der Waals surface area (Å²) in [5.74, 6) is 1.05. The minimum Gasteiger partial charge on any atom is -0.360 e. The molecule has 0 aliphatic carbocycles. The second-order valence-corrected chi connectivity index (χ2v) is 4.64. The summed E-state index contributed by atoms with van der Waals surface area (Å²) in [6, 6.07) is 8.14. The summed E-state index contributed by atoms with van der Waals surface area (Å²) >= 11 is 0. The summed E-state index contributed by atoms with van der Waals surface area (Å²) < 4.78 is 5.39. The molecule has 0 bridgehead atoms. The van der Waals surface area contributed by atoms with E-state index in [0.717, 1.165) is 17.7 Å². The quantitative estimate of drug-likeness (QED) is 0.644. The van der Waals surface area contributed by atoms with Gasteiger partial charge in [-0.15, -0.1) is 0 Å². The highest BCUT2D eigenvalue weighted by Crippen LogP contribution is 2.20. The summed E-state index contributed by atoms with van der Waals surface area (Å²) in [7, 11) is 0. The van der Waals surface area contributed by atoms with Crippen molar-refractivity contribution in [1.29, 1.82) is 0 Å². The van der Waals surface area contributed by atoms with Gasteiger partial charge in [-0.05, 0) is 18.6 Å². The predicted molar refractivity (Wildman–Crippen MR) is 71.1 cm³/mol. The zero-order chi connectivity index (χ0) is 11.9. The monoisotopic (exact) mass is 231 g/mol. The lowest BCUT2D eigenvalue weighted by atomic mass is 10.1. The number of aromatic nitrogens is 1. The largest absolute Gasteiger partial charge is 0.360 e. The van der Waals surface area contributed by atoms with Crippen molar-refractivity contribution in [3.63, 3.8) is 0 Å². The Bertz CT molecular complexity index is 447. The van der Waals surface area contributed by atoms with Gasteiger partial charge in [0.05, 0.1) is 0 Å². The van der Waals surface area contributed by atoms with Crippen LogP contribution in [0, 0.1) is 0 Å². The normalized spacial score (nSPS) is 11.1. The molecule has 0 atom stereocenters. The topological polar surface area (TPSA) is 26.0 Å². The standard InChI is InChI=1S/C15H21NO/c1-2-3-4-5-6-7-12-15-13-10-8-9-11-14(13)16-17-15/h8-11H,2-7,12H2,1H3. The molecule has 0 amide bonds. The van der Waals surface area contributed by atoms with Gasteiger partial charge in [0, 0.05) is 11.8 Å². The molecule has 0 unspecified atom stereocenters. The maximum absolute atomic E-state index is 5.39. The van der Waals surface area contributed by atoms with Gasteiger partial charge in [0.25, 0.3) is 0 Å². The van der Waals surface area contributed by atoms with E-state index in [-0.39, 0.29) is 0 Å². The fourth-order valence-corrected chi connectivity index (χ4v) is 2.19. The molecule has 2 heteroatoms. The fourth-order valence-electron chi connectivity index (χ4n) is 2.19. The van der Waals surface area contributed by atoms with Gasteiger partial charge < -0.3 is 4.52 Å². The predicted octanol–water partition coefficient (Wildman–Crippen LogP) is 4.73. The van der Waals surface area contributed by atoms with Crippen LogP contribution in [0.5, 0.6) is 0 Å². The van der Waals surface area contributed by atoms with E-state index in [1.54, 1.807) is 0 Å². The van der Waals surface area contributed by atoms with Crippen molar-refractivity contribution in [2.45, 2.75) is 51.9 Å². The summed E-state index contributed by atoms with van der Waals surface area (Å²) in [4.78, 5) is 0. The highest BCUT2D eigenvalue weighted by Gasteiger charge is 2.06. The zero-order valence-corrected chi connectivity index (χ0v) is 10.6. The number of aryl methyl sites for hydroxylation is 1. The number of rotatable bonds is 7. The lowest BCUT2D eigenvalue weighted by Crippen LogP contribution is -1.84. The summed E-state index contributed by atoms with van der Waals surface area (Å²) in [5.41, 5.74) is 0.980. The maximum atomic E-state index is 5.39. The van der Waals surface area contributed by atoms with Gasteiger partial charge in [-0.25, -0.2) is 0 Å². The zero-order valence-electron chi connectivity index (χ0n) is 10.6. The molecule has 1 heterocycles. The second kappa shape index (κ2) is 6.43. The van der Waals surface area contributed by atoms with E-state index >= 15 is 0 Å². The smallest absolute Gasteiger partial charge is 0.144 e. The molecule has 2 rings (SSSR count). The first kappa shape index (κ1) is 12.2. The Morgan fingerprint density at radius 1 is 1.00 bits per heavy atom. The molecule has 2 nitrogen and oxygen atoms in total. The molecule has 1 aromatic carbocycles. The van der Waals surface area contributed by atoms with Crippen LogP contribution in [-0.2, 0) is 6.42 Å². The van der Waals surface area contributed by atoms with Gasteiger partial charge in [-0.3, -0.25) is 0 Å². The van der Waals surface area contributed by atoms with Crippen LogP contribution in [-0.4, -0.2) is 5.16 Å². The van der Waals surface area contributed by atoms with Gasteiger partial charge in [0.1, 0.15) is 11.3 Å². The van der Waals surface area contributed by atoms with E-state index in [1.807, 2.05) is 18.2 Å². The minimum atomic E-state index is 0.980. The number of nitrogens with zero attached hydrogens (tertiary/aromatic N) is 1. The van der Waals surface area contributed by atoms with Crippen molar-refractivity contribution >= 4 is 10.9 Å². The van der Waals surface area contributed by atoms with Crippen molar-refractivity contribution in [3.05, 3.63) is 30.0 Å². The first-order chi connectivity index (χ1) is 8.42. The van der Waals surface area contributed by atoms with Crippen LogP contribution in [0.3, 0.4) is 0 Å². The Hall–Kier alpha value is -1.31. The molecular formula is C15H21NO. The summed E-state index contributed by atoms with van der Waals surface area (Å²) in [5, 5.41) is 5.25. The van der Waals surface area contributed by atoms with E-state index in [9.17, 15) is 0 Å². The van der Waals surface area contributed by atoms with E-state index < -0.39 is 0 Å². The molecule has 92 valence electrons. The van der Waals surface area contributed by atoms with Crippen LogP contribution in [0.1, 0.15) is 51.2 Å². The van der Waals surface area contributed by atoms with Crippen molar-refractivity contribution in [2.24, 2.45) is 0 Å². The Kier molecular flexibility index (Phi) is 4.60. The molecule has 1 aromatic heterocycles. The van der Waals surface area contributed by atoms with E-state index in [0.29, 0.717) is 0 Å². The molecule has 2 aromatic rings. The maximum Gasteiger partial charge on any atom is 0.144 e. The van der Waals surface area contributed by atoms with Crippen LogP contribution in [0.4, 0.5) is 0 Å². The lowest BCUT2D eigenvalue weighted by Gasteiger charge is -1.99. The molecule has 0 spiro atoms. The molecule has 0 radical (unpaired) electrons. The van der Waals surface area contributed by atoms with E-state index in [1.165, 1.54) is 43.9 Å². The van der Waals surface area contributed by atoms with Crippen molar-refractivity contribution < 1.29 is 4.52 Å². The third kappa shape index (κ3) is 3.32. The Morgan fingerprint density at radius 2 is 1.76 bits per heavy atom. The number of hydrogen-bond acceptors (Lipinski definition) is 2. The fraction of sp³-hybridized carbons (Fsp3) is 0.533. The third-order valence-electron chi connectivity index (χ3n) is 3.22. The average molecular weight is 231 g/mol. The summed E-state index contributed by atoms with van der Waals surface area (Å²) in [6.45, 7) is 2.25. The van der Waals surface area contributed by atoms with Gasteiger partial charge in [0.2, 0.25) is 0 Å². The van der Waals surface area contributed by atoms with Gasteiger partial charge >= 0.3 is 0 Å². The van der Waals surface area contributed by atoms with Crippen LogP contribution < -0.4 is 0 Å². The Labute approximate surface area is 103 Å². The molecule has 0 N–H and O–H groups in total. The molecule has 0 aliphatic heterocycles. The van der Waals surface area contributed by atoms with Crippen LogP contribution in [0.2, 0.25) is 0 Å². The number of hydrogen-bond donors (Lipinski definition) is 0. The summed E-state index contributed by atoms with van der Waals surface area (Å²) in [6.07, 6.45) is 8.93. The number of fused-ring (bicyclic) bond motifs is 1. The van der Waals surface area contributed by atoms with E-state index in [4.69, 9.17) is 4.52 Å². The SMILES string of the molecule is CCCCCCCCc1onc2ccccc12. The number of unbranched alkanes of at least 4 members (excludes halogenated alkanes) is 5. The van der Waals surface area contributed by atoms with Crippen LogP contribution in [0.15, 0.2) is 28.8 Å². The Morgan fingerprint density at radius 3 is 2.65 bits per heavy atom. The van der Waals surface area contributed by atoms with Crippen LogP contribution in [0.25, 0.3) is 10.9 Å². The Balaban J connectivity index is 1.79. The highest BCUT2D eigenvalue weighted by molar-refractivity contribution is 5.80. The van der Waals surface area contributed by atoms with Crippen LogP contribution >= 0.6 is 0 Å². The van der Waals surface area contributed by atoms with Gasteiger partial charge in [-0.2, -0.15) is 0 Å². The molecule has 0 saturated heterocycles. The van der Waals surface area contributed by atoms with Crippen molar-refractivity contribution in [1.82, 2.24) is 5.16 Å². The molecule has 17 heavy (non-hydrogen) atoms. The first-order valence-electron chi connectivity index (χ1n) is 6.75. The highest BCUT2D eigenvalue weighted by atomic mass is 16.5. The second-order valence-electron chi connectivity index (χ2n) is 4.64. The van der Waals surface area contributed by atoms with Gasteiger partial charge in [0.15, 0.2) is 0 Å². The van der Waals surface area contributed by atoms with E-state index in [2.05, 4.69) is 18.1 Å². The van der Waals surface area contributed by atoms with Crippen molar-refractivity contribution in [2.75, 3.05) is 0 Å². The molecular weight excluding hydrogens is 210 g/mol. The average Bonchev–Trinajstić information content (AvgIpc) is 2.77. The lowest BCUT2D eigenvalue weighted by molar-refractivity contribution is 0.386. The van der Waals surface area contributed by atoms with Crippen molar-refractivity contribution in [3.8, 4) is 0 Å².